The molecule has 0 aliphatic carbocycles. The van der Waals surface area contributed by atoms with Gasteiger partial charge in [-0.25, -0.2) is 4.79 Å². The molecule has 1 fully saturated rings. The molecule has 0 aromatic heterocycles. The third kappa shape index (κ3) is 5.51. The Bertz CT molecular complexity index is 1050. The highest BCUT2D eigenvalue weighted by atomic mass is 16.6. The van der Waals surface area contributed by atoms with Gasteiger partial charge in [-0.1, -0.05) is 6.07 Å². The van der Waals surface area contributed by atoms with Crippen LogP contribution in [0.15, 0.2) is 36.4 Å². The SMILES string of the molecule is O=C(COC(=O)c1cc([N+](=O)[O-])ccc1N1CCCC1)NCCc1ccc2c(c1)OCCO2. The highest BCUT2D eigenvalue weighted by Crippen LogP contribution is 2.31. The predicted octanol–water partition coefficient (Wildman–Crippen LogP) is 2.48. The zero-order chi connectivity index (χ0) is 23.2. The number of amides is 1. The van der Waals surface area contributed by atoms with Crippen LogP contribution < -0.4 is 19.7 Å². The zero-order valence-corrected chi connectivity index (χ0v) is 18.1. The molecule has 2 heterocycles. The summed E-state index contributed by atoms with van der Waals surface area (Å²) in [6.45, 7) is 2.43. The molecule has 2 aliphatic heterocycles. The Kier molecular flexibility index (Phi) is 6.92. The molecule has 1 amide bonds. The minimum atomic E-state index is -0.761. The molecule has 4 rings (SSSR count). The molecule has 2 aromatic carbocycles. The maximum atomic E-state index is 12.7. The van der Waals surface area contributed by atoms with Crippen molar-refractivity contribution in [2.75, 3.05) is 44.4 Å². The minimum Gasteiger partial charge on any atom is -0.486 e. The first-order valence-electron chi connectivity index (χ1n) is 10.9. The molecule has 0 radical (unpaired) electrons. The fourth-order valence-corrected chi connectivity index (χ4v) is 3.88. The lowest BCUT2D eigenvalue weighted by Crippen LogP contribution is -2.31. The fourth-order valence-electron chi connectivity index (χ4n) is 3.88. The Morgan fingerprint density at radius 1 is 1.06 bits per heavy atom. The van der Waals surface area contributed by atoms with Gasteiger partial charge in [-0.05, 0) is 43.0 Å². The highest BCUT2D eigenvalue weighted by molar-refractivity contribution is 5.97. The minimum absolute atomic E-state index is 0.0928. The van der Waals surface area contributed by atoms with Gasteiger partial charge < -0.3 is 24.4 Å². The summed E-state index contributed by atoms with van der Waals surface area (Å²) in [5.74, 6) is 0.178. The second-order valence-electron chi connectivity index (χ2n) is 7.81. The molecule has 1 saturated heterocycles. The number of hydrogen-bond donors (Lipinski definition) is 1. The van der Waals surface area contributed by atoms with Crippen LogP contribution in [0.2, 0.25) is 0 Å². The Morgan fingerprint density at radius 2 is 1.82 bits per heavy atom. The number of non-ortho nitro benzene ring substituents is 1. The predicted molar refractivity (Wildman–Crippen MR) is 119 cm³/mol. The van der Waals surface area contributed by atoms with Crippen LogP contribution in [0.4, 0.5) is 11.4 Å². The summed E-state index contributed by atoms with van der Waals surface area (Å²) in [5.41, 5.74) is 1.45. The third-order valence-corrected chi connectivity index (χ3v) is 5.53. The first-order chi connectivity index (χ1) is 16.0. The van der Waals surface area contributed by atoms with Crippen LogP contribution in [0, 0.1) is 10.1 Å². The van der Waals surface area contributed by atoms with Crippen molar-refractivity contribution in [2.45, 2.75) is 19.3 Å². The van der Waals surface area contributed by atoms with Gasteiger partial charge in [-0.15, -0.1) is 0 Å². The number of ether oxygens (including phenoxy) is 3. The average Bonchev–Trinajstić information content (AvgIpc) is 3.37. The number of benzene rings is 2. The van der Waals surface area contributed by atoms with Crippen LogP contribution in [0.3, 0.4) is 0 Å². The zero-order valence-electron chi connectivity index (χ0n) is 18.1. The summed E-state index contributed by atoms with van der Waals surface area (Å²) in [5, 5.41) is 13.9. The number of rotatable bonds is 8. The van der Waals surface area contributed by atoms with Crippen LogP contribution in [0.25, 0.3) is 0 Å². The maximum Gasteiger partial charge on any atom is 0.341 e. The molecule has 10 heteroatoms. The van der Waals surface area contributed by atoms with Crippen LogP contribution in [-0.4, -0.2) is 56.3 Å². The van der Waals surface area contributed by atoms with E-state index in [0.717, 1.165) is 31.5 Å². The number of carbonyl (C=O) groups excluding carboxylic acids is 2. The first-order valence-corrected chi connectivity index (χ1v) is 10.9. The molecule has 0 saturated carbocycles. The van der Waals surface area contributed by atoms with E-state index in [1.807, 2.05) is 23.1 Å². The van der Waals surface area contributed by atoms with Crippen molar-refractivity contribution >= 4 is 23.3 Å². The number of hydrogen-bond acceptors (Lipinski definition) is 8. The summed E-state index contributed by atoms with van der Waals surface area (Å²) >= 11 is 0. The van der Waals surface area contributed by atoms with Crippen molar-refractivity contribution in [3.8, 4) is 11.5 Å². The summed E-state index contributed by atoms with van der Waals surface area (Å²) in [7, 11) is 0. The smallest absolute Gasteiger partial charge is 0.341 e. The van der Waals surface area contributed by atoms with Gasteiger partial charge in [0.15, 0.2) is 18.1 Å². The number of nitrogens with zero attached hydrogens (tertiary/aromatic N) is 2. The van der Waals surface area contributed by atoms with Crippen molar-refractivity contribution in [1.82, 2.24) is 5.32 Å². The Balaban J connectivity index is 1.30. The molecule has 10 nitrogen and oxygen atoms in total. The Labute approximate surface area is 190 Å². The number of fused-ring (bicyclic) bond motifs is 1. The molecule has 0 spiro atoms. The lowest BCUT2D eigenvalue weighted by molar-refractivity contribution is -0.384. The van der Waals surface area contributed by atoms with Gasteiger partial charge in [0.25, 0.3) is 11.6 Å². The van der Waals surface area contributed by atoms with E-state index in [4.69, 9.17) is 14.2 Å². The molecule has 2 aliphatic rings. The molecular formula is C23H25N3O7. The van der Waals surface area contributed by atoms with Gasteiger partial charge in [0.05, 0.1) is 16.2 Å². The molecule has 33 heavy (non-hydrogen) atoms. The second-order valence-corrected chi connectivity index (χ2v) is 7.81. The monoisotopic (exact) mass is 455 g/mol. The first kappa shape index (κ1) is 22.4. The third-order valence-electron chi connectivity index (χ3n) is 5.53. The molecule has 2 aromatic rings. The Morgan fingerprint density at radius 3 is 2.58 bits per heavy atom. The van der Waals surface area contributed by atoms with E-state index in [9.17, 15) is 19.7 Å². The van der Waals surface area contributed by atoms with Crippen molar-refractivity contribution < 1.29 is 28.7 Å². The lowest BCUT2D eigenvalue weighted by Gasteiger charge is -2.20. The van der Waals surface area contributed by atoms with Crippen molar-refractivity contribution in [3.05, 3.63) is 57.6 Å². The largest absolute Gasteiger partial charge is 0.486 e. The molecule has 174 valence electrons. The second kappa shape index (κ2) is 10.2. The van der Waals surface area contributed by atoms with Crippen molar-refractivity contribution in [1.29, 1.82) is 0 Å². The van der Waals surface area contributed by atoms with E-state index in [2.05, 4.69) is 5.32 Å². The maximum absolute atomic E-state index is 12.7. The number of esters is 1. The molecule has 0 unspecified atom stereocenters. The summed E-state index contributed by atoms with van der Waals surface area (Å²) in [4.78, 5) is 37.4. The molecule has 0 bridgehead atoms. The van der Waals surface area contributed by atoms with Gasteiger partial charge in [0.1, 0.15) is 13.2 Å². The molecular weight excluding hydrogens is 430 g/mol. The van der Waals surface area contributed by atoms with Crippen LogP contribution in [-0.2, 0) is 16.0 Å². The van der Waals surface area contributed by atoms with Gasteiger partial charge in [-0.3, -0.25) is 14.9 Å². The van der Waals surface area contributed by atoms with E-state index >= 15 is 0 Å². The number of nitrogens with one attached hydrogen (secondary N) is 1. The van der Waals surface area contributed by atoms with Gasteiger partial charge in [0.2, 0.25) is 0 Å². The summed E-state index contributed by atoms with van der Waals surface area (Å²) < 4.78 is 16.2. The van der Waals surface area contributed by atoms with Gasteiger partial charge >= 0.3 is 5.97 Å². The summed E-state index contributed by atoms with van der Waals surface area (Å²) in [6, 6.07) is 9.76. The van der Waals surface area contributed by atoms with Gasteiger partial charge in [0, 0.05) is 31.8 Å². The number of nitro benzene ring substituents is 1. The average molecular weight is 455 g/mol. The van der Waals surface area contributed by atoms with E-state index < -0.39 is 23.4 Å². The van der Waals surface area contributed by atoms with E-state index in [0.29, 0.717) is 43.4 Å². The van der Waals surface area contributed by atoms with Crippen LogP contribution in [0.5, 0.6) is 11.5 Å². The fraction of sp³-hybridized carbons (Fsp3) is 0.391. The number of carbonyl (C=O) groups is 2. The van der Waals surface area contributed by atoms with Crippen LogP contribution in [0.1, 0.15) is 28.8 Å². The standard InChI is InChI=1S/C23H25N3O7/c27-22(24-8-7-16-3-6-20-21(13-16)32-12-11-31-20)15-33-23(28)18-14-17(26(29)30)4-5-19(18)25-9-1-2-10-25/h3-6,13-14H,1-2,7-12,15H2,(H,24,27). The normalized spacial score (nSPS) is 14.6. The highest BCUT2D eigenvalue weighted by Gasteiger charge is 2.24. The summed E-state index contributed by atoms with van der Waals surface area (Å²) in [6.07, 6.45) is 2.54. The van der Waals surface area contributed by atoms with Crippen LogP contribution >= 0.6 is 0 Å². The number of nitro groups is 1. The lowest BCUT2D eigenvalue weighted by atomic mass is 10.1. The van der Waals surface area contributed by atoms with E-state index in [1.54, 1.807) is 6.07 Å². The van der Waals surface area contributed by atoms with E-state index in [-0.39, 0.29) is 11.3 Å². The van der Waals surface area contributed by atoms with E-state index in [1.165, 1.54) is 12.1 Å². The van der Waals surface area contributed by atoms with Gasteiger partial charge in [-0.2, -0.15) is 0 Å². The Hall–Kier alpha value is -3.82. The van der Waals surface area contributed by atoms with Crippen molar-refractivity contribution in [2.24, 2.45) is 0 Å². The molecule has 0 atom stereocenters. The number of anilines is 1. The molecule has 1 N–H and O–H groups in total. The quantitative estimate of drug-likeness (QED) is 0.366. The topological polar surface area (TPSA) is 120 Å². The van der Waals surface area contributed by atoms with Crippen molar-refractivity contribution in [3.63, 3.8) is 0 Å².